The summed E-state index contributed by atoms with van der Waals surface area (Å²) in [5.41, 5.74) is 1.86. The number of carbonyl (C=O) groups is 2. The standard InChI is InChI=1S/C24H27ClN4O3/c1-16(2)13-26-22(30)12-11-20-24(32)29(21-10-6-5-9-19(21)28-20)15-23(31)27-14-17-7-3-4-8-18(17)25/h3-10,16H,11-15H2,1-2H3,(H,26,30)(H,27,31). The van der Waals surface area contributed by atoms with E-state index in [0.29, 0.717) is 28.5 Å². The number of rotatable bonds is 9. The molecule has 2 N–H and O–H groups in total. The van der Waals surface area contributed by atoms with Crippen LogP contribution in [-0.2, 0) is 29.1 Å². The lowest BCUT2D eigenvalue weighted by molar-refractivity contribution is -0.122. The maximum Gasteiger partial charge on any atom is 0.273 e. The first kappa shape index (κ1) is 23.5. The van der Waals surface area contributed by atoms with Gasteiger partial charge in [0, 0.05) is 31.0 Å². The van der Waals surface area contributed by atoms with Crippen molar-refractivity contribution < 1.29 is 9.59 Å². The Hall–Kier alpha value is -3.19. The van der Waals surface area contributed by atoms with Gasteiger partial charge in [0.1, 0.15) is 12.2 Å². The van der Waals surface area contributed by atoms with Crippen LogP contribution in [0.4, 0.5) is 0 Å². The predicted molar refractivity (Wildman–Crippen MR) is 125 cm³/mol. The van der Waals surface area contributed by atoms with E-state index in [1.54, 1.807) is 24.3 Å². The van der Waals surface area contributed by atoms with Crippen LogP contribution < -0.4 is 16.2 Å². The van der Waals surface area contributed by atoms with Crippen LogP contribution in [0.2, 0.25) is 5.02 Å². The number of amides is 2. The van der Waals surface area contributed by atoms with Crippen LogP contribution in [0, 0.1) is 5.92 Å². The summed E-state index contributed by atoms with van der Waals surface area (Å²) in [5, 5.41) is 6.22. The van der Waals surface area contributed by atoms with Gasteiger partial charge in [-0.05, 0) is 29.7 Å². The second-order valence-electron chi connectivity index (χ2n) is 8.00. The van der Waals surface area contributed by atoms with Crippen LogP contribution in [0.3, 0.4) is 0 Å². The lowest BCUT2D eigenvalue weighted by Gasteiger charge is -2.13. The SMILES string of the molecule is CC(C)CNC(=O)CCc1nc2ccccc2n(CC(=O)NCc2ccccc2Cl)c1=O. The van der Waals surface area contributed by atoms with Crippen LogP contribution in [-0.4, -0.2) is 27.9 Å². The first-order valence-electron chi connectivity index (χ1n) is 10.6. The highest BCUT2D eigenvalue weighted by Gasteiger charge is 2.15. The van der Waals surface area contributed by atoms with Gasteiger partial charge in [0.2, 0.25) is 11.8 Å². The summed E-state index contributed by atoms with van der Waals surface area (Å²) < 4.78 is 1.41. The van der Waals surface area contributed by atoms with Crippen molar-refractivity contribution in [1.82, 2.24) is 20.2 Å². The van der Waals surface area contributed by atoms with Gasteiger partial charge in [-0.15, -0.1) is 0 Å². The highest BCUT2D eigenvalue weighted by atomic mass is 35.5. The molecule has 0 bridgehead atoms. The van der Waals surface area contributed by atoms with Gasteiger partial charge in [-0.2, -0.15) is 0 Å². The lowest BCUT2D eigenvalue weighted by Crippen LogP contribution is -2.34. The van der Waals surface area contributed by atoms with Crippen molar-refractivity contribution in [3.05, 3.63) is 75.2 Å². The normalized spacial score (nSPS) is 11.0. The topological polar surface area (TPSA) is 93.1 Å². The number of para-hydroxylation sites is 2. The van der Waals surface area contributed by atoms with Gasteiger partial charge >= 0.3 is 0 Å². The quantitative estimate of drug-likeness (QED) is 0.519. The molecule has 32 heavy (non-hydrogen) atoms. The molecule has 1 heterocycles. The fraction of sp³-hybridized carbons (Fsp3) is 0.333. The zero-order chi connectivity index (χ0) is 23.1. The summed E-state index contributed by atoms with van der Waals surface area (Å²) in [6.45, 7) is 4.72. The van der Waals surface area contributed by atoms with Crippen LogP contribution in [0.25, 0.3) is 11.0 Å². The zero-order valence-electron chi connectivity index (χ0n) is 18.2. The van der Waals surface area contributed by atoms with Gasteiger partial charge in [0.05, 0.1) is 11.0 Å². The molecule has 0 atom stereocenters. The van der Waals surface area contributed by atoms with Crippen molar-refractivity contribution >= 4 is 34.4 Å². The molecule has 0 aliphatic rings. The molecule has 2 aromatic carbocycles. The second-order valence-corrected chi connectivity index (χ2v) is 8.41. The number of fused-ring (bicyclic) bond motifs is 1. The Morgan fingerprint density at radius 1 is 1.03 bits per heavy atom. The van der Waals surface area contributed by atoms with E-state index in [-0.39, 0.29) is 49.0 Å². The van der Waals surface area contributed by atoms with Crippen LogP contribution in [0.1, 0.15) is 31.5 Å². The molecular weight excluding hydrogens is 428 g/mol. The highest BCUT2D eigenvalue weighted by molar-refractivity contribution is 6.31. The van der Waals surface area contributed by atoms with Crippen LogP contribution in [0.15, 0.2) is 53.3 Å². The molecule has 0 aliphatic heterocycles. The maximum atomic E-state index is 13.1. The van der Waals surface area contributed by atoms with Crippen molar-refractivity contribution in [2.75, 3.05) is 6.54 Å². The Morgan fingerprint density at radius 2 is 1.75 bits per heavy atom. The van der Waals surface area contributed by atoms with Gasteiger partial charge in [-0.3, -0.25) is 19.0 Å². The summed E-state index contributed by atoms with van der Waals surface area (Å²) in [6.07, 6.45) is 0.362. The fourth-order valence-electron chi connectivity index (χ4n) is 3.24. The molecule has 0 fully saturated rings. The molecule has 1 aromatic heterocycles. The Bertz CT molecular complexity index is 1170. The molecule has 168 valence electrons. The summed E-state index contributed by atoms with van der Waals surface area (Å²) in [4.78, 5) is 42.2. The van der Waals surface area contributed by atoms with E-state index < -0.39 is 0 Å². The van der Waals surface area contributed by atoms with Crippen molar-refractivity contribution in [3.63, 3.8) is 0 Å². The largest absolute Gasteiger partial charge is 0.356 e. The summed E-state index contributed by atoms with van der Waals surface area (Å²) in [6, 6.07) is 14.4. The number of nitrogens with one attached hydrogen (secondary N) is 2. The smallest absolute Gasteiger partial charge is 0.273 e. The van der Waals surface area contributed by atoms with E-state index in [2.05, 4.69) is 15.6 Å². The molecular formula is C24H27ClN4O3. The number of halogens is 1. The van der Waals surface area contributed by atoms with Gasteiger partial charge < -0.3 is 10.6 Å². The minimum absolute atomic E-state index is 0.128. The highest BCUT2D eigenvalue weighted by Crippen LogP contribution is 2.14. The third-order valence-electron chi connectivity index (χ3n) is 4.95. The van der Waals surface area contributed by atoms with E-state index in [0.717, 1.165) is 5.56 Å². The van der Waals surface area contributed by atoms with E-state index in [4.69, 9.17) is 11.6 Å². The van der Waals surface area contributed by atoms with Gasteiger partial charge in [0.25, 0.3) is 5.56 Å². The Balaban J connectivity index is 1.77. The van der Waals surface area contributed by atoms with E-state index in [1.165, 1.54) is 4.57 Å². The molecule has 2 amide bonds. The van der Waals surface area contributed by atoms with Crippen molar-refractivity contribution in [2.24, 2.45) is 5.92 Å². The monoisotopic (exact) mass is 454 g/mol. The first-order chi connectivity index (χ1) is 15.3. The van der Waals surface area contributed by atoms with Crippen molar-refractivity contribution in [2.45, 2.75) is 39.8 Å². The first-order valence-corrected chi connectivity index (χ1v) is 11.0. The van der Waals surface area contributed by atoms with Gasteiger partial charge in [0.15, 0.2) is 0 Å². The van der Waals surface area contributed by atoms with E-state index in [9.17, 15) is 14.4 Å². The predicted octanol–water partition coefficient (Wildman–Crippen LogP) is 3.07. The molecule has 8 heteroatoms. The summed E-state index contributed by atoms with van der Waals surface area (Å²) in [5.74, 6) is -0.0969. The number of carbonyl (C=O) groups excluding carboxylic acids is 2. The van der Waals surface area contributed by atoms with Gasteiger partial charge in [-0.25, -0.2) is 4.98 Å². The molecule has 3 rings (SSSR count). The lowest BCUT2D eigenvalue weighted by atomic mass is 10.2. The Labute approximate surface area is 191 Å². The molecule has 0 aliphatic carbocycles. The second kappa shape index (κ2) is 10.9. The molecule has 0 spiro atoms. The third-order valence-corrected chi connectivity index (χ3v) is 5.32. The molecule has 0 saturated carbocycles. The molecule has 3 aromatic rings. The number of hydrogen-bond acceptors (Lipinski definition) is 4. The van der Waals surface area contributed by atoms with E-state index >= 15 is 0 Å². The number of benzene rings is 2. The van der Waals surface area contributed by atoms with E-state index in [1.807, 2.05) is 38.1 Å². The molecule has 0 saturated heterocycles. The molecule has 7 nitrogen and oxygen atoms in total. The average Bonchev–Trinajstić information content (AvgIpc) is 2.78. The Kier molecular flexibility index (Phi) is 8.00. The van der Waals surface area contributed by atoms with Crippen LogP contribution >= 0.6 is 11.6 Å². The maximum absolute atomic E-state index is 13.1. The zero-order valence-corrected chi connectivity index (χ0v) is 19.0. The van der Waals surface area contributed by atoms with Crippen molar-refractivity contribution in [3.8, 4) is 0 Å². The minimum atomic E-state index is -0.367. The Morgan fingerprint density at radius 3 is 2.50 bits per heavy atom. The molecule has 0 unspecified atom stereocenters. The van der Waals surface area contributed by atoms with Gasteiger partial charge in [-0.1, -0.05) is 55.8 Å². The number of aryl methyl sites for hydroxylation is 1. The number of nitrogens with zero attached hydrogens (tertiary/aromatic N) is 2. The molecule has 0 radical (unpaired) electrons. The fourth-order valence-corrected chi connectivity index (χ4v) is 3.44. The number of hydrogen-bond donors (Lipinski definition) is 2. The number of aromatic nitrogens is 2. The average molecular weight is 455 g/mol. The van der Waals surface area contributed by atoms with Crippen molar-refractivity contribution in [1.29, 1.82) is 0 Å². The van der Waals surface area contributed by atoms with Crippen LogP contribution in [0.5, 0.6) is 0 Å². The summed E-state index contributed by atoms with van der Waals surface area (Å²) >= 11 is 6.14. The summed E-state index contributed by atoms with van der Waals surface area (Å²) in [7, 11) is 0. The third kappa shape index (κ3) is 6.17. The minimum Gasteiger partial charge on any atom is -0.356 e.